The fourth-order valence-electron chi connectivity index (χ4n) is 2.58. The molecule has 0 aromatic heterocycles. The second-order valence-electron chi connectivity index (χ2n) is 6.13. The molecule has 0 unspecified atom stereocenters. The van der Waals surface area contributed by atoms with Gasteiger partial charge in [0.1, 0.15) is 6.61 Å². The number of hydrogen-bond donors (Lipinski definition) is 1. The lowest BCUT2D eigenvalue weighted by Crippen LogP contribution is -2.06. The van der Waals surface area contributed by atoms with Gasteiger partial charge in [-0.15, -0.1) is 0 Å². The third-order valence-electron chi connectivity index (χ3n) is 4.08. The van der Waals surface area contributed by atoms with Gasteiger partial charge in [-0.25, -0.2) is 0 Å². The monoisotopic (exact) mass is 492 g/mol. The van der Waals surface area contributed by atoms with Crippen molar-refractivity contribution in [1.82, 2.24) is 5.43 Å². The summed E-state index contributed by atoms with van der Waals surface area (Å²) in [6.07, 6.45) is 1.72. The van der Waals surface area contributed by atoms with Crippen LogP contribution in [-0.2, 0) is 13.2 Å². The van der Waals surface area contributed by atoms with E-state index in [-0.39, 0.29) is 0 Å². The molecule has 0 aliphatic carbocycles. The molecular weight excluding hydrogens is 475 g/mol. The van der Waals surface area contributed by atoms with Crippen molar-refractivity contribution < 1.29 is 9.47 Å². The summed E-state index contributed by atoms with van der Waals surface area (Å²) >= 11 is 15.6. The van der Waals surface area contributed by atoms with E-state index in [0.717, 1.165) is 21.2 Å². The average Bonchev–Trinajstić information content (AvgIpc) is 2.72. The minimum Gasteiger partial charge on any atom is -0.493 e. The molecule has 150 valence electrons. The molecule has 3 rings (SSSR count). The molecule has 0 saturated heterocycles. The standard InChI is InChI=1S/C22H19BrCl2N2O2/c1-28-21-11-16(12-26-27-13-17-4-2-3-5-20(17)25)10-19(23)22(21)29-14-15-6-8-18(24)9-7-15/h2-12,27H,13-14H2,1H3/b26-12-. The predicted octanol–water partition coefficient (Wildman–Crippen LogP) is 6.47. The summed E-state index contributed by atoms with van der Waals surface area (Å²) in [5.74, 6) is 1.24. The highest BCUT2D eigenvalue weighted by atomic mass is 79.9. The highest BCUT2D eigenvalue weighted by molar-refractivity contribution is 9.10. The Morgan fingerprint density at radius 3 is 2.55 bits per heavy atom. The van der Waals surface area contributed by atoms with E-state index in [4.69, 9.17) is 32.7 Å². The Morgan fingerprint density at radius 2 is 1.83 bits per heavy atom. The minimum absolute atomic E-state index is 0.402. The molecule has 0 saturated carbocycles. The highest BCUT2D eigenvalue weighted by Crippen LogP contribution is 2.36. The van der Waals surface area contributed by atoms with Crippen LogP contribution >= 0.6 is 39.1 Å². The summed E-state index contributed by atoms with van der Waals surface area (Å²) in [4.78, 5) is 0. The van der Waals surface area contributed by atoms with Crippen LogP contribution in [0.15, 0.2) is 70.2 Å². The first-order chi connectivity index (χ1) is 14.1. The van der Waals surface area contributed by atoms with Gasteiger partial charge >= 0.3 is 0 Å². The normalized spacial score (nSPS) is 10.9. The molecular formula is C22H19BrCl2N2O2. The van der Waals surface area contributed by atoms with Gasteiger partial charge in [-0.1, -0.05) is 53.5 Å². The van der Waals surface area contributed by atoms with Gasteiger partial charge in [-0.05, 0) is 63.0 Å². The summed E-state index contributed by atoms with van der Waals surface area (Å²) in [5, 5.41) is 5.67. The number of halogens is 3. The number of ether oxygens (including phenoxy) is 2. The van der Waals surface area contributed by atoms with Crippen LogP contribution in [0.3, 0.4) is 0 Å². The molecule has 4 nitrogen and oxygen atoms in total. The Balaban J connectivity index is 1.65. The second-order valence-corrected chi connectivity index (χ2v) is 7.83. The maximum absolute atomic E-state index is 6.14. The van der Waals surface area contributed by atoms with Crippen LogP contribution in [0.1, 0.15) is 16.7 Å². The Bertz CT molecular complexity index is 995. The number of nitrogens with zero attached hydrogens (tertiary/aromatic N) is 1. The van der Waals surface area contributed by atoms with Gasteiger partial charge in [-0.3, -0.25) is 0 Å². The molecule has 0 aliphatic rings. The van der Waals surface area contributed by atoms with E-state index >= 15 is 0 Å². The highest BCUT2D eigenvalue weighted by Gasteiger charge is 2.11. The predicted molar refractivity (Wildman–Crippen MR) is 122 cm³/mol. The third-order valence-corrected chi connectivity index (χ3v) is 5.29. The largest absolute Gasteiger partial charge is 0.493 e. The molecule has 0 bridgehead atoms. The van der Waals surface area contributed by atoms with E-state index < -0.39 is 0 Å². The molecule has 0 fully saturated rings. The van der Waals surface area contributed by atoms with Gasteiger partial charge in [0.05, 0.1) is 24.3 Å². The van der Waals surface area contributed by atoms with E-state index in [0.29, 0.717) is 34.7 Å². The lowest BCUT2D eigenvalue weighted by Gasteiger charge is -2.13. The van der Waals surface area contributed by atoms with Crippen LogP contribution in [0.25, 0.3) is 0 Å². The van der Waals surface area contributed by atoms with E-state index in [9.17, 15) is 0 Å². The summed E-state index contributed by atoms with van der Waals surface area (Å²) in [5.41, 5.74) is 5.86. The van der Waals surface area contributed by atoms with Crippen molar-refractivity contribution in [2.75, 3.05) is 7.11 Å². The number of methoxy groups -OCH3 is 1. The van der Waals surface area contributed by atoms with Crippen molar-refractivity contribution in [3.8, 4) is 11.5 Å². The van der Waals surface area contributed by atoms with Gasteiger partial charge in [0.15, 0.2) is 11.5 Å². The zero-order valence-corrected chi connectivity index (χ0v) is 18.8. The summed E-state index contributed by atoms with van der Waals surface area (Å²) in [6.45, 7) is 0.940. The van der Waals surface area contributed by atoms with Crippen LogP contribution in [0.5, 0.6) is 11.5 Å². The molecule has 3 aromatic carbocycles. The first-order valence-corrected chi connectivity index (χ1v) is 10.4. The minimum atomic E-state index is 0.402. The van der Waals surface area contributed by atoms with E-state index in [1.165, 1.54) is 0 Å². The van der Waals surface area contributed by atoms with Gasteiger partial charge in [0, 0.05) is 10.0 Å². The fourth-order valence-corrected chi connectivity index (χ4v) is 3.49. The number of hydrogen-bond acceptors (Lipinski definition) is 4. The topological polar surface area (TPSA) is 42.8 Å². The van der Waals surface area contributed by atoms with Crippen LogP contribution in [0, 0.1) is 0 Å². The maximum atomic E-state index is 6.14. The van der Waals surface area contributed by atoms with Crippen molar-refractivity contribution in [3.05, 3.63) is 91.9 Å². The summed E-state index contributed by atoms with van der Waals surface area (Å²) in [6, 6.07) is 19.0. The van der Waals surface area contributed by atoms with Gasteiger partial charge < -0.3 is 14.9 Å². The first kappa shape index (κ1) is 21.5. The Hall–Kier alpha value is -2.21. The Kier molecular flexibility index (Phi) is 7.81. The number of rotatable bonds is 8. The van der Waals surface area contributed by atoms with Crippen LogP contribution in [0.2, 0.25) is 10.0 Å². The lowest BCUT2D eigenvalue weighted by molar-refractivity contribution is 0.282. The number of nitrogens with one attached hydrogen (secondary N) is 1. The first-order valence-electron chi connectivity index (χ1n) is 8.81. The fraction of sp³-hybridized carbons (Fsp3) is 0.136. The zero-order valence-electron chi connectivity index (χ0n) is 15.7. The van der Waals surface area contributed by atoms with Gasteiger partial charge in [0.2, 0.25) is 0 Å². The van der Waals surface area contributed by atoms with Gasteiger partial charge in [0.25, 0.3) is 0 Å². The Labute approximate surface area is 188 Å². The second kappa shape index (κ2) is 10.5. The van der Waals surface area contributed by atoms with Crippen molar-refractivity contribution in [1.29, 1.82) is 0 Å². The maximum Gasteiger partial charge on any atom is 0.175 e. The van der Waals surface area contributed by atoms with Crippen LogP contribution < -0.4 is 14.9 Å². The molecule has 0 spiro atoms. The third kappa shape index (κ3) is 6.13. The zero-order chi connectivity index (χ0) is 20.6. The van der Waals surface area contributed by atoms with Crippen molar-refractivity contribution >= 4 is 45.3 Å². The van der Waals surface area contributed by atoms with Crippen molar-refractivity contribution in [2.45, 2.75) is 13.2 Å². The van der Waals surface area contributed by atoms with Gasteiger partial charge in [-0.2, -0.15) is 5.10 Å². The molecule has 0 atom stereocenters. The van der Waals surface area contributed by atoms with Crippen molar-refractivity contribution in [3.63, 3.8) is 0 Å². The van der Waals surface area contributed by atoms with Crippen LogP contribution in [-0.4, -0.2) is 13.3 Å². The molecule has 1 N–H and O–H groups in total. The molecule has 29 heavy (non-hydrogen) atoms. The summed E-state index contributed by atoms with van der Waals surface area (Å²) < 4.78 is 12.2. The molecule has 0 radical (unpaired) electrons. The quantitative estimate of drug-likeness (QED) is 0.289. The van der Waals surface area contributed by atoms with E-state index in [1.807, 2.05) is 60.7 Å². The van der Waals surface area contributed by atoms with Crippen LogP contribution in [0.4, 0.5) is 0 Å². The SMILES string of the molecule is COc1cc(/C=N\NCc2ccccc2Cl)cc(Br)c1OCc1ccc(Cl)cc1. The average molecular weight is 494 g/mol. The van der Waals surface area contributed by atoms with E-state index in [1.54, 1.807) is 13.3 Å². The summed E-state index contributed by atoms with van der Waals surface area (Å²) in [7, 11) is 1.60. The molecule has 0 heterocycles. The molecule has 0 aliphatic heterocycles. The molecule has 0 amide bonds. The smallest absolute Gasteiger partial charge is 0.175 e. The molecule has 3 aromatic rings. The lowest BCUT2D eigenvalue weighted by atomic mass is 10.2. The molecule has 7 heteroatoms. The van der Waals surface area contributed by atoms with Crippen molar-refractivity contribution in [2.24, 2.45) is 5.10 Å². The Morgan fingerprint density at radius 1 is 1.07 bits per heavy atom. The van der Waals surface area contributed by atoms with E-state index in [2.05, 4.69) is 26.5 Å². The number of hydrazone groups is 1. The number of benzene rings is 3.